The minimum atomic E-state index is -0.00372. The number of aromatic nitrogens is 3. The summed E-state index contributed by atoms with van der Waals surface area (Å²) in [5, 5.41) is 0. The molecule has 8 heteroatoms. The van der Waals surface area contributed by atoms with Crippen molar-refractivity contribution in [2.45, 2.75) is 6.92 Å². The summed E-state index contributed by atoms with van der Waals surface area (Å²) < 4.78 is 0. The number of anilines is 2. The molecule has 0 bridgehead atoms. The van der Waals surface area contributed by atoms with Crippen molar-refractivity contribution in [3.8, 4) is 0 Å². The number of hydrogen-bond acceptors (Lipinski definition) is 7. The molecule has 0 saturated carbocycles. The van der Waals surface area contributed by atoms with E-state index >= 15 is 0 Å². The van der Waals surface area contributed by atoms with Crippen LogP contribution in [0.4, 0.5) is 11.6 Å². The molecule has 28 heavy (non-hydrogen) atoms. The Morgan fingerprint density at radius 2 is 1.57 bits per heavy atom. The largest absolute Gasteiger partial charge is 0.368 e. The average molecular weight is 381 g/mol. The lowest BCUT2D eigenvalue weighted by molar-refractivity contribution is 0.0740. The molecule has 0 aliphatic carbocycles. The molecular weight excluding hydrogens is 354 g/mol. The SMILES string of the molecule is CCN1CCN(c2ccc(C(=O)N3CCN(c4ncccn4)CC3)nc2)CC1. The summed E-state index contributed by atoms with van der Waals surface area (Å²) in [5.41, 5.74) is 1.61. The molecule has 8 nitrogen and oxygen atoms in total. The maximum Gasteiger partial charge on any atom is 0.272 e. The second-order valence-electron chi connectivity index (χ2n) is 7.15. The minimum absolute atomic E-state index is 0.00372. The van der Waals surface area contributed by atoms with E-state index in [0.29, 0.717) is 18.8 Å². The molecule has 1 amide bonds. The number of piperazine rings is 2. The van der Waals surface area contributed by atoms with Crippen molar-refractivity contribution in [2.24, 2.45) is 0 Å². The Morgan fingerprint density at radius 3 is 2.18 bits per heavy atom. The van der Waals surface area contributed by atoms with Gasteiger partial charge in [-0.15, -0.1) is 0 Å². The molecule has 2 saturated heterocycles. The number of pyridine rings is 1. The maximum atomic E-state index is 12.8. The lowest BCUT2D eigenvalue weighted by Crippen LogP contribution is -2.49. The van der Waals surface area contributed by atoms with Gasteiger partial charge in [-0.2, -0.15) is 0 Å². The fraction of sp³-hybridized carbons (Fsp3) is 0.500. The summed E-state index contributed by atoms with van der Waals surface area (Å²) in [5.74, 6) is 0.719. The van der Waals surface area contributed by atoms with E-state index in [2.05, 4.69) is 36.6 Å². The molecule has 0 aromatic carbocycles. The predicted molar refractivity (Wildman–Crippen MR) is 109 cm³/mol. The van der Waals surface area contributed by atoms with Crippen LogP contribution in [0.2, 0.25) is 0 Å². The normalized spacial score (nSPS) is 18.4. The third-order valence-electron chi connectivity index (χ3n) is 5.55. The van der Waals surface area contributed by atoms with Crippen LogP contribution in [-0.4, -0.2) is 89.6 Å². The Hall–Kier alpha value is -2.74. The van der Waals surface area contributed by atoms with Gasteiger partial charge >= 0.3 is 0 Å². The molecule has 0 spiro atoms. The fourth-order valence-electron chi connectivity index (χ4n) is 3.75. The lowest BCUT2D eigenvalue weighted by atomic mass is 10.2. The first-order valence-electron chi connectivity index (χ1n) is 9.99. The van der Waals surface area contributed by atoms with Gasteiger partial charge in [-0.05, 0) is 24.7 Å². The molecule has 0 atom stereocenters. The van der Waals surface area contributed by atoms with E-state index in [1.165, 1.54) is 0 Å². The topological polar surface area (TPSA) is 68.7 Å². The summed E-state index contributed by atoms with van der Waals surface area (Å²) in [6.07, 6.45) is 5.32. The molecule has 2 aliphatic rings. The summed E-state index contributed by atoms with van der Waals surface area (Å²) in [4.78, 5) is 34.6. The minimum Gasteiger partial charge on any atom is -0.368 e. The Kier molecular flexibility index (Phi) is 5.66. The quantitative estimate of drug-likeness (QED) is 0.782. The van der Waals surface area contributed by atoms with E-state index in [9.17, 15) is 4.79 Å². The third kappa shape index (κ3) is 4.06. The first kappa shape index (κ1) is 18.6. The molecule has 4 heterocycles. The number of likely N-dealkylation sites (N-methyl/N-ethyl adjacent to an activating group) is 1. The van der Waals surface area contributed by atoms with Crippen LogP contribution < -0.4 is 9.80 Å². The van der Waals surface area contributed by atoms with Crippen LogP contribution in [0.3, 0.4) is 0 Å². The van der Waals surface area contributed by atoms with E-state index in [1.807, 2.05) is 29.3 Å². The van der Waals surface area contributed by atoms with Gasteiger partial charge in [0.05, 0.1) is 11.9 Å². The highest BCUT2D eigenvalue weighted by molar-refractivity contribution is 5.92. The number of amides is 1. The summed E-state index contributed by atoms with van der Waals surface area (Å²) in [6.45, 7) is 10.2. The fourth-order valence-corrected chi connectivity index (χ4v) is 3.75. The van der Waals surface area contributed by atoms with Gasteiger partial charge in [-0.3, -0.25) is 4.79 Å². The van der Waals surface area contributed by atoms with Gasteiger partial charge < -0.3 is 19.6 Å². The van der Waals surface area contributed by atoms with E-state index in [-0.39, 0.29) is 5.91 Å². The molecule has 2 aliphatic heterocycles. The number of nitrogens with zero attached hydrogens (tertiary/aromatic N) is 7. The monoisotopic (exact) mass is 381 g/mol. The van der Waals surface area contributed by atoms with Crippen LogP contribution >= 0.6 is 0 Å². The highest BCUT2D eigenvalue weighted by atomic mass is 16.2. The Balaban J connectivity index is 1.33. The van der Waals surface area contributed by atoms with Gasteiger partial charge in [0.15, 0.2) is 0 Å². The van der Waals surface area contributed by atoms with Gasteiger partial charge in [0, 0.05) is 64.8 Å². The summed E-state index contributed by atoms with van der Waals surface area (Å²) in [6, 6.07) is 5.69. The van der Waals surface area contributed by atoms with Crippen LogP contribution in [0, 0.1) is 0 Å². The second kappa shape index (κ2) is 8.52. The van der Waals surface area contributed by atoms with Crippen molar-refractivity contribution in [1.29, 1.82) is 0 Å². The van der Waals surface area contributed by atoms with Crippen LogP contribution in [0.15, 0.2) is 36.8 Å². The Morgan fingerprint density at radius 1 is 0.893 bits per heavy atom. The lowest BCUT2D eigenvalue weighted by Gasteiger charge is -2.35. The van der Waals surface area contributed by atoms with Gasteiger partial charge in [-0.25, -0.2) is 15.0 Å². The third-order valence-corrected chi connectivity index (χ3v) is 5.55. The molecule has 2 aromatic heterocycles. The zero-order chi connectivity index (χ0) is 19.3. The van der Waals surface area contributed by atoms with Crippen molar-refractivity contribution < 1.29 is 4.79 Å². The molecule has 0 N–H and O–H groups in total. The molecule has 0 radical (unpaired) electrons. The van der Waals surface area contributed by atoms with E-state index in [4.69, 9.17) is 0 Å². The highest BCUT2D eigenvalue weighted by Crippen LogP contribution is 2.17. The molecular formula is C20H27N7O. The van der Waals surface area contributed by atoms with E-state index < -0.39 is 0 Å². The smallest absolute Gasteiger partial charge is 0.272 e. The van der Waals surface area contributed by atoms with Crippen molar-refractivity contribution in [3.05, 3.63) is 42.5 Å². The van der Waals surface area contributed by atoms with Crippen LogP contribution in [0.25, 0.3) is 0 Å². The van der Waals surface area contributed by atoms with Crippen LogP contribution in [0.5, 0.6) is 0 Å². The zero-order valence-corrected chi connectivity index (χ0v) is 16.4. The van der Waals surface area contributed by atoms with Crippen molar-refractivity contribution in [3.63, 3.8) is 0 Å². The van der Waals surface area contributed by atoms with Gasteiger partial charge in [0.1, 0.15) is 5.69 Å². The molecule has 148 valence electrons. The first-order valence-corrected chi connectivity index (χ1v) is 9.99. The number of carbonyl (C=O) groups excluding carboxylic acids is 1. The first-order chi connectivity index (χ1) is 13.7. The van der Waals surface area contributed by atoms with Crippen molar-refractivity contribution >= 4 is 17.5 Å². The highest BCUT2D eigenvalue weighted by Gasteiger charge is 2.24. The van der Waals surface area contributed by atoms with Crippen LogP contribution in [-0.2, 0) is 0 Å². The average Bonchev–Trinajstić information content (AvgIpc) is 2.79. The van der Waals surface area contributed by atoms with Crippen LogP contribution in [0.1, 0.15) is 17.4 Å². The van der Waals surface area contributed by atoms with Gasteiger partial charge in [0.25, 0.3) is 5.91 Å². The maximum absolute atomic E-state index is 12.8. The molecule has 2 aromatic rings. The van der Waals surface area contributed by atoms with Gasteiger partial charge in [-0.1, -0.05) is 6.92 Å². The standard InChI is InChI=1S/C20H27N7O/c1-2-24-8-10-25(11-9-24)17-4-5-18(23-16-17)19(28)26-12-14-27(15-13-26)20-21-6-3-7-22-20/h3-7,16H,2,8-15H2,1H3. The molecule has 2 fully saturated rings. The summed E-state index contributed by atoms with van der Waals surface area (Å²) in [7, 11) is 0. The number of hydrogen-bond donors (Lipinski definition) is 0. The Labute approximate surface area is 165 Å². The van der Waals surface area contributed by atoms with E-state index in [1.54, 1.807) is 12.4 Å². The number of rotatable bonds is 4. The van der Waals surface area contributed by atoms with Gasteiger partial charge in [0.2, 0.25) is 5.95 Å². The summed E-state index contributed by atoms with van der Waals surface area (Å²) >= 11 is 0. The predicted octanol–water partition coefficient (Wildman–Crippen LogP) is 0.976. The second-order valence-corrected chi connectivity index (χ2v) is 7.15. The molecule has 0 unspecified atom stereocenters. The molecule has 4 rings (SSSR count). The van der Waals surface area contributed by atoms with Crippen molar-refractivity contribution in [2.75, 3.05) is 68.7 Å². The Bertz CT molecular complexity index is 767. The van der Waals surface area contributed by atoms with E-state index in [0.717, 1.165) is 57.4 Å². The number of carbonyl (C=O) groups is 1. The zero-order valence-electron chi connectivity index (χ0n) is 16.4. The van der Waals surface area contributed by atoms with Crippen molar-refractivity contribution in [1.82, 2.24) is 24.8 Å².